The van der Waals surface area contributed by atoms with Gasteiger partial charge in [-0.2, -0.15) is 0 Å². The van der Waals surface area contributed by atoms with Crippen LogP contribution in [0.4, 0.5) is 0 Å². The van der Waals surface area contributed by atoms with Gasteiger partial charge in [0.2, 0.25) is 11.8 Å². The molecular formula is C22H36N2O5. The third kappa shape index (κ3) is 9.74. The number of rotatable bonds is 15. The summed E-state index contributed by atoms with van der Waals surface area (Å²) < 4.78 is 5.10. The molecule has 0 aromatic rings. The van der Waals surface area contributed by atoms with Gasteiger partial charge >= 0.3 is 5.97 Å². The van der Waals surface area contributed by atoms with Crippen LogP contribution in [0.3, 0.4) is 0 Å². The summed E-state index contributed by atoms with van der Waals surface area (Å²) in [5, 5.41) is 15.3. The van der Waals surface area contributed by atoms with Crippen LogP contribution in [0.2, 0.25) is 0 Å². The van der Waals surface area contributed by atoms with Gasteiger partial charge in [-0.3, -0.25) is 14.4 Å². The first kappa shape index (κ1) is 24.9. The summed E-state index contributed by atoms with van der Waals surface area (Å²) in [5.41, 5.74) is -0.549. The van der Waals surface area contributed by atoms with Gasteiger partial charge in [0.25, 0.3) is 0 Å². The summed E-state index contributed by atoms with van der Waals surface area (Å²) in [6.45, 7) is 7.51. The van der Waals surface area contributed by atoms with Crippen molar-refractivity contribution in [1.82, 2.24) is 10.6 Å². The lowest BCUT2D eigenvalue weighted by molar-refractivity contribution is -0.144. The highest BCUT2D eigenvalue weighted by Crippen LogP contribution is 2.29. The van der Waals surface area contributed by atoms with E-state index in [2.05, 4.69) is 23.8 Å². The molecule has 29 heavy (non-hydrogen) atoms. The van der Waals surface area contributed by atoms with E-state index in [-0.39, 0.29) is 44.0 Å². The first-order chi connectivity index (χ1) is 14.0. The zero-order valence-corrected chi connectivity index (χ0v) is 17.4. The molecule has 0 spiro atoms. The second-order valence-corrected chi connectivity index (χ2v) is 7.67. The number of unbranched alkanes of at least 4 members (excludes halogenated alkanes) is 2. The number of ether oxygens (including phenoxy) is 1. The van der Waals surface area contributed by atoms with E-state index in [1.54, 1.807) is 6.08 Å². The zero-order chi connectivity index (χ0) is 21.5. The Morgan fingerprint density at radius 1 is 1.14 bits per heavy atom. The average Bonchev–Trinajstić information content (AvgIpc) is 3.17. The van der Waals surface area contributed by atoms with Crippen LogP contribution in [-0.4, -0.2) is 48.2 Å². The molecule has 1 fully saturated rings. The van der Waals surface area contributed by atoms with Gasteiger partial charge in [0.15, 0.2) is 0 Å². The number of amides is 2. The number of aliphatic hydroxyl groups excluding tert-OH is 1. The van der Waals surface area contributed by atoms with Gasteiger partial charge in [0.05, 0.1) is 24.6 Å². The predicted octanol–water partition coefficient (Wildman–Crippen LogP) is 2.40. The summed E-state index contributed by atoms with van der Waals surface area (Å²) in [7, 11) is 0. The Balaban J connectivity index is 2.34. The quantitative estimate of drug-likeness (QED) is 0.219. The second-order valence-electron chi connectivity index (χ2n) is 7.67. The van der Waals surface area contributed by atoms with Crippen molar-refractivity contribution in [2.45, 2.75) is 69.7 Å². The van der Waals surface area contributed by atoms with E-state index in [4.69, 9.17) is 4.74 Å². The lowest BCUT2D eigenvalue weighted by Crippen LogP contribution is -2.50. The van der Waals surface area contributed by atoms with Crippen molar-refractivity contribution in [3.63, 3.8) is 0 Å². The fourth-order valence-electron chi connectivity index (χ4n) is 3.54. The van der Waals surface area contributed by atoms with Gasteiger partial charge in [0, 0.05) is 12.8 Å². The SMILES string of the molecule is C=CCCCCC(=O)OCCNC(=O)C(CC=C)CC(=O)NC1(CO)CCCC1. The lowest BCUT2D eigenvalue weighted by atomic mass is 9.96. The Morgan fingerprint density at radius 2 is 1.86 bits per heavy atom. The third-order valence-corrected chi connectivity index (χ3v) is 5.23. The number of aliphatic hydroxyl groups is 1. The van der Waals surface area contributed by atoms with Crippen LogP contribution in [0.5, 0.6) is 0 Å². The Hall–Kier alpha value is -2.15. The molecule has 0 aromatic heterocycles. The maximum Gasteiger partial charge on any atom is 0.305 e. The van der Waals surface area contributed by atoms with E-state index >= 15 is 0 Å². The summed E-state index contributed by atoms with van der Waals surface area (Å²) in [4.78, 5) is 36.4. The molecule has 1 aliphatic carbocycles. The van der Waals surface area contributed by atoms with Gasteiger partial charge in [-0.05, 0) is 38.5 Å². The molecule has 1 atom stereocenters. The van der Waals surface area contributed by atoms with Gasteiger partial charge < -0.3 is 20.5 Å². The van der Waals surface area contributed by atoms with Crippen LogP contribution in [0.1, 0.15) is 64.2 Å². The van der Waals surface area contributed by atoms with Gasteiger partial charge in [-0.1, -0.05) is 25.0 Å². The van der Waals surface area contributed by atoms with Crippen LogP contribution < -0.4 is 10.6 Å². The van der Waals surface area contributed by atoms with Crippen LogP contribution >= 0.6 is 0 Å². The highest BCUT2D eigenvalue weighted by atomic mass is 16.5. The molecule has 7 heteroatoms. The second kappa shape index (κ2) is 13.9. The Morgan fingerprint density at radius 3 is 2.48 bits per heavy atom. The molecular weight excluding hydrogens is 372 g/mol. The summed E-state index contributed by atoms with van der Waals surface area (Å²) in [6, 6.07) is 0. The summed E-state index contributed by atoms with van der Waals surface area (Å²) in [6.07, 6.45) is 10.2. The molecule has 1 aliphatic rings. The highest BCUT2D eigenvalue weighted by Gasteiger charge is 2.35. The maximum absolute atomic E-state index is 12.4. The van der Waals surface area contributed by atoms with E-state index in [9.17, 15) is 19.5 Å². The highest BCUT2D eigenvalue weighted by molar-refractivity contribution is 5.86. The molecule has 7 nitrogen and oxygen atoms in total. The van der Waals surface area contributed by atoms with E-state index in [1.165, 1.54) is 0 Å². The Labute approximate surface area is 174 Å². The fraction of sp³-hybridized carbons (Fsp3) is 0.682. The van der Waals surface area contributed by atoms with Crippen molar-refractivity contribution >= 4 is 17.8 Å². The Bertz CT molecular complexity index is 555. The molecule has 0 bridgehead atoms. The standard InChI is InChI=1S/C22H36N2O5/c1-3-5-6-7-11-20(27)29-15-14-23-21(28)18(10-4-2)16-19(26)24-22(17-25)12-8-9-13-22/h3-4,18,25H,1-2,5-17H2,(H,23,28)(H,24,26). The number of allylic oxidation sites excluding steroid dienone is 2. The minimum absolute atomic E-state index is 0.0305. The number of esters is 1. The number of nitrogens with one attached hydrogen (secondary N) is 2. The van der Waals surface area contributed by atoms with E-state index in [0.717, 1.165) is 44.9 Å². The van der Waals surface area contributed by atoms with E-state index < -0.39 is 11.5 Å². The normalized spacial score (nSPS) is 15.9. The van der Waals surface area contributed by atoms with Gasteiger partial charge in [0.1, 0.15) is 6.61 Å². The lowest BCUT2D eigenvalue weighted by Gasteiger charge is -2.28. The maximum atomic E-state index is 12.4. The molecule has 0 aliphatic heterocycles. The van der Waals surface area contributed by atoms with Crippen LogP contribution in [0.15, 0.2) is 25.3 Å². The van der Waals surface area contributed by atoms with E-state index in [1.807, 2.05) is 6.08 Å². The molecule has 0 heterocycles. The first-order valence-electron chi connectivity index (χ1n) is 10.5. The number of carbonyl (C=O) groups is 3. The molecule has 0 radical (unpaired) electrons. The van der Waals surface area contributed by atoms with Crippen molar-refractivity contribution in [1.29, 1.82) is 0 Å². The monoisotopic (exact) mass is 408 g/mol. The molecule has 1 saturated carbocycles. The van der Waals surface area contributed by atoms with Crippen molar-refractivity contribution in [3.05, 3.63) is 25.3 Å². The topological polar surface area (TPSA) is 105 Å². The van der Waals surface area contributed by atoms with Gasteiger partial charge in [-0.15, -0.1) is 13.2 Å². The van der Waals surface area contributed by atoms with Crippen molar-refractivity contribution in [3.8, 4) is 0 Å². The molecule has 0 saturated heterocycles. The predicted molar refractivity (Wildman–Crippen MR) is 112 cm³/mol. The molecule has 1 unspecified atom stereocenters. The minimum Gasteiger partial charge on any atom is -0.464 e. The average molecular weight is 409 g/mol. The van der Waals surface area contributed by atoms with Crippen LogP contribution in [-0.2, 0) is 19.1 Å². The van der Waals surface area contributed by atoms with Gasteiger partial charge in [-0.25, -0.2) is 0 Å². The zero-order valence-electron chi connectivity index (χ0n) is 17.4. The molecule has 2 amide bonds. The molecule has 3 N–H and O–H groups in total. The van der Waals surface area contributed by atoms with Crippen molar-refractivity contribution in [2.75, 3.05) is 19.8 Å². The fourth-order valence-corrected chi connectivity index (χ4v) is 3.54. The van der Waals surface area contributed by atoms with Crippen LogP contribution in [0, 0.1) is 5.92 Å². The Kier molecular flexibility index (Phi) is 12.0. The third-order valence-electron chi connectivity index (χ3n) is 5.23. The molecule has 164 valence electrons. The van der Waals surface area contributed by atoms with Crippen LogP contribution in [0.25, 0.3) is 0 Å². The summed E-state index contributed by atoms with van der Waals surface area (Å²) in [5.74, 6) is -1.34. The smallest absolute Gasteiger partial charge is 0.305 e. The van der Waals surface area contributed by atoms with E-state index in [0.29, 0.717) is 12.8 Å². The first-order valence-corrected chi connectivity index (χ1v) is 10.5. The van der Waals surface area contributed by atoms with Crippen molar-refractivity contribution < 1.29 is 24.2 Å². The summed E-state index contributed by atoms with van der Waals surface area (Å²) >= 11 is 0. The number of carbonyl (C=O) groups excluding carboxylic acids is 3. The number of hydrogen-bond acceptors (Lipinski definition) is 5. The largest absolute Gasteiger partial charge is 0.464 e. The molecule has 0 aromatic carbocycles. The minimum atomic E-state index is -0.549. The number of hydrogen-bond donors (Lipinski definition) is 3. The molecule has 1 rings (SSSR count). The van der Waals surface area contributed by atoms with Crippen molar-refractivity contribution in [2.24, 2.45) is 5.92 Å².